The minimum absolute atomic E-state index is 0.0253. The second-order valence-electron chi connectivity index (χ2n) is 5.38. The molecule has 7 heteroatoms. The molecule has 1 aromatic heterocycles. The number of nitrogens with one attached hydrogen (secondary N) is 2. The van der Waals surface area contributed by atoms with Crippen molar-refractivity contribution in [3.05, 3.63) is 12.0 Å². The van der Waals surface area contributed by atoms with Crippen LogP contribution in [0, 0.1) is 12.3 Å². The lowest BCUT2D eigenvalue weighted by Gasteiger charge is -2.35. The van der Waals surface area contributed by atoms with Crippen molar-refractivity contribution < 1.29 is 13.5 Å². The van der Waals surface area contributed by atoms with Gasteiger partial charge in [-0.1, -0.05) is 19.3 Å². The second kappa shape index (κ2) is 5.60. The molecule has 3 N–H and O–H groups in total. The molecule has 1 aliphatic carbocycles. The molecule has 0 unspecified atom stereocenters. The Balaban J connectivity index is 2.04. The number of aromatic amines is 1. The fourth-order valence-electron chi connectivity index (χ4n) is 2.55. The molecule has 6 nitrogen and oxygen atoms in total. The zero-order valence-electron chi connectivity index (χ0n) is 11.1. The highest BCUT2D eigenvalue weighted by molar-refractivity contribution is 7.89. The van der Waals surface area contributed by atoms with Gasteiger partial charge in [-0.05, 0) is 19.8 Å². The summed E-state index contributed by atoms with van der Waals surface area (Å²) in [6, 6.07) is 0. The summed E-state index contributed by atoms with van der Waals surface area (Å²) in [5, 5.41) is 9.64. The number of nitrogens with zero attached hydrogens (tertiary/aromatic N) is 1. The summed E-state index contributed by atoms with van der Waals surface area (Å²) in [6.07, 6.45) is 6.30. The van der Waals surface area contributed by atoms with Gasteiger partial charge in [0.25, 0.3) is 10.0 Å². The summed E-state index contributed by atoms with van der Waals surface area (Å²) < 4.78 is 26.8. The molecular formula is C12H21N3O3S. The Morgan fingerprint density at radius 2 is 2.11 bits per heavy atom. The van der Waals surface area contributed by atoms with Gasteiger partial charge in [0.2, 0.25) is 0 Å². The Labute approximate surface area is 113 Å². The van der Waals surface area contributed by atoms with E-state index in [0.29, 0.717) is 5.82 Å². The Hall–Kier alpha value is -0.920. The number of aliphatic hydroxyl groups excluding tert-OH is 1. The highest BCUT2D eigenvalue weighted by Gasteiger charge is 2.33. The van der Waals surface area contributed by atoms with Crippen LogP contribution in [0.5, 0.6) is 0 Å². The van der Waals surface area contributed by atoms with Gasteiger partial charge in [-0.2, -0.15) is 0 Å². The zero-order chi connectivity index (χ0) is 13.9. The van der Waals surface area contributed by atoms with E-state index in [9.17, 15) is 13.5 Å². The van der Waals surface area contributed by atoms with Crippen LogP contribution in [-0.2, 0) is 10.0 Å². The van der Waals surface area contributed by atoms with Crippen molar-refractivity contribution in [2.45, 2.75) is 44.1 Å². The highest BCUT2D eigenvalue weighted by atomic mass is 32.2. The first kappa shape index (κ1) is 14.5. The summed E-state index contributed by atoms with van der Waals surface area (Å²) in [5.74, 6) is 0.565. The normalized spacial score (nSPS) is 19.5. The van der Waals surface area contributed by atoms with Crippen molar-refractivity contribution in [3.63, 3.8) is 0 Å². The molecule has 0 aliphatic heterocycles. The van der Waals surface area contributed by atoms with Gasteiger partial charge >= 0.3 is 0 Å². The maximum Gasteiger partial charge on any atom is 0.257 e. The molecule has 1 fully saturated rings. The number of H-pyrrole nitrogens is 1. The molecule has 19 heavy (non-hydrogen) atoms. The Kier molecular flexibility index (Phi) is 4.27. The molecule has 0 saturated heterocycles. The van der Waals surface area contributed by atoms with Gasteiger partial charge in [-0.25, -0.2) is 18.1 Å². The predicted molar refractivity (Wildman–Crippen MR) is 71.1 cm³/mol. The molecular weight excluding hydrogens is 266 g/mol. The van der Waals surface area contributed by atoms with Crippen LogP contribution in [0.1, 0.15) is 37.9 Å². The van der Waals surface area contributed by atoms with E-state index in [1.807, 2.05) is 0 Å². The van der Waals surface area contributed by atoms with E-state index in [4.69, 9.17) is 0 Å². The number of imidazole rings is 1. The van der Waals surface area contributed by atoms with Crippen LogP contribution in [0.15, 0.2) is 11.2 Å². The van der Waals surface area contributed by atoms with Crippen LogP contribution in [0.25, 0.3) is 0 Å². The smallest absolute Gasteiger partial charge is 0.257 e. The molecule has 1 saturated carbocycles. The number of rotatable bonds is 5. The van der Waals surface area contributed by atoms with Crippen LogP contribution in [0.3, 0.4) is 0 Å². The van der Waals surface area contributed by atoms with Crippen LogP contribution < -0.4 is 4.72 Å². The number of hydrogen-bond acceptors (Lipinski definition) is 4. The molecule has 0 radical (unpaired) electrons. The van der Waals surface area contributed by atoms with E-state index in [1.165, 1.54) is 6.20 Å². The summed E-state index contributed by atoms with van der Waals surface area (Å²) in [7, 11) is -3.57. The van der Waals surface area contributed by atoms with Gasteiger partial charge in [0.15, 0.2) is 5.03 Å². The Morgan fingerprint density at radius 1 is 1.42 bits per heavy atom. The molecule has 0 spiro atoms. The number of aliphatic hydroxyl groups is 1. The maximum atomic E-state index is 12.1. The van der Waals surface area contributed by atoms with Crippen molar-refractivity contribution >= 4 is 10.0 Å². The fraction of sp³-hybridized carbons (Fsp3) is 0.750. The lowest BCUT2D eigenvalue weighted by atomic mass is 9.75. The second-order valence-corrected chi connectivity index (χ2v) is 7.11. The topological polar surface area (TPSA) is 95.1 Å². The Bertz CT molecular complexity index is 518. The van der Waals surface area contributed by atoms with Crippen LogP contribution in [0.4, 0.5) is 0 Å². The number of aryl methyl sites for hydroxylation is 1. The Morgan fingerprint density at radius 3 is 2.63 bits per heavy atom. The first-order chi connectivity index (χ1) is 8.97. The molecule has 1 aliphatic rings. The quantitative estimate of drug-likeness (QED) is 0.751. The van der Waals surface area contributed by atoms with Gasteiger partial charge in [0.1, 0.15) is 5.82 Å². The third kappa shape index (κ3) is 3.34. The minimum atomic E-state index is -3.57. The molecule has 1 aromatic rings. The monoisotopic (exact) mass is 287 g/mol. The standard InChI is InChI=1S/C12H21N3O3S/c1-10-13-7-11(15-10)19(17,18)14-8-12(9-16)5-3-2-4-6-12/h7,14,16H,2-6,8-9H2,1H3,(H,13,15). The van der Waals surface area contributed by atoms with E-state index in [1.54, 1.807) is 6.92 Å². The summed E-state index contributed by atoms with van der Waals surface area (Å²) in [6.45, 7) is 2.01. The molecule has 0 aromatic carbocycles. The largest absolute Gasteiger partial charge is 0.396 e. The van der Waals surface area contributed by atoms with Crippen molar-refractivity contribution in [1.29, 1.82) is 0 Å². The van der Waals surface area contributed by atoms with Gasteiger partial charge in [0, 0.05) is 18.6 Å². The average Bonchev–Trinajstić information content (AvgIpc) is 2.85. The molecule has 0 bridgehead atoms. The van der Waals surface area contributed by atoms with E-state index >= 15 is 0 Å². The van der Waals surface area contributed by atoms with E-state index in [-0.39, 0.29) is 23.6 Å². The lowest BCUT2D eigenvalue weighted by molar-refractivity contribution is 0.0867. The summed E-state index contributed by atoms with van der Waals surface area (Å²) in [4.78, 5) is 6.60. The fourth-order valence-corrected chi connectivity index (χ4v) is 3.68. The van der Waals surface area contributed by atoms with Gasteiger partial charge < -0.3 is 10.1 Å². The first-order valence-electron chi connectivity index (χ1n) is 6.60. The van der Waals surface area contributed by atoms with Crippen LogP contribution in [0.2, 0.25) is 0 Å². The van der Waals surface area contributed by atoms with Crippen molar-refractivity contribution in [3.8, 4) is 0 Å². The number of sulfonamides is 1. The van der Waals surface area contributed by atoms with Crippen molar-refractivity contribution in [1.82, 2.24) is 14.7 Å². The van der Waals surface area contributed by atoms with Gasteiger partial charge in [0.05, 0.1) is 6.20 Å². The van der Waals surface area contributed by atoms with Crippen molar-refractivity contribution in [2.24, 2.45) is 5.41 Å². The molecule has 1 heterocycles. The van der Waals surface area contributed by atoms with Crippen LogP contribution >= 0.6 is 0 Å². The third-order valence-corrected chi connectivity index (χ3v) is 5.17. The lowest BCUT2D eigenvalue weighted by Crippen LogP contribution is -2.41. The first-order valence-corrected chi connectivity index (χ1v) is 8.08. The van der Waals surface area contributed by atoms with E-state index in [0.717, 1.165) is 32.1 Å². The predicted octanol–water partition coefficient (Wildman–Crippen LogP) is 0.939. The van der Waals surface area contributed by atoms with Crippen LogP contribution in [-0.4, -0.2) is 36.6 Å². The zero-order valence-corrected chi connectivity index (χ0v) is 12.0. The van der Waals surface area contributed by atoms with E-state index in [2.05, 4.69) is 14.7 Å². The SMILES string of the molecule is Cc1ncc(S(=O)(=O)NCC2(CO)CCCCC2)[nH]1. The van der Waals surface area contributed by atoms with Gasteiger partial charge in [-0.3, -0.25) is 0 Å². The average molecular weight is 287 g/mol. The van der Waals surface area contributed by atoms with Crippen molar-refractivity contribution in [2.75, 3.05) is 13.2 Å². The molecule has 0 amide bonds. The minimum Gasteiger partial charge on any atom is -0.396 e. The molecule has 108 valence electrons. The maximum absolute atomic E-state index is 12.1. The third-order valence-electron chi connectivity index (χ3n) is 3.86. The summed E-state index contributed by atoms with van der Waals surface area (Å²) >= 11 is 0. The van der Waals surface area contributed by atoms with Gasteiger partial charge in [-0.15, -0.1) is 0 Å². The highest BCUT2D eigenvalue weighted by Crippen LogP contribution is 2.35. The summed E-state index contributed by atoms with van der Waals surface area (Å²) in [5.41, 5.74) is -0.305. The number of aromatic nitrogens is 2. The number of hydrogen-bond donors (Lipinski definition) is 3. The molecule has 0 atom stereocenters. The molecule has 2 rings (SSSR count). The van der Waals surface area contributed by atoms with E-state index < -0.39 is 10.0 Å².